The molecule has 0 saturated carbocycles. The van der Waals surface area contributed by atoms with Gasteiger partial charge in [-0.15, -0.1) is 0 Å². The van der Waals surface area contributed by atoms with Crippen LogP contribution in [0.25, 0.3) is 0 Å². The summed E-state index contributed by atoms with van der Waals surface area (Å²) in [4.78, 5) is 0. The predicted molar refractivity (Wildman–Crippen MR) is 29.8 cm³/mol. The van der Waals surface area contributed by atoms with Crippen LogP contribution in [-0.2, 0) is 0 Å². The largest absolute Gasteiger partial charge is 0.255 e. The zero-order valence-electron chi connectivity index (χ0n) is 4.86. The molecule has 0 aromatic heterocycles. The molecule has 1 aliphatic rings. The summed E-state index contributed by atoms with van der Waals surface area (Å²) in [6.45, 7) is 4.35. The van der Waals surface area contributed by atoms with Crippen LogP contribution in [0, 0.1) is 0 Å². The highest BCUT2D eigenvalue weighted by Crippen LogP contribution is 2.00. The van der Waals surface area contributed by atoms with E-state index in [1.807, 2.05) is 0 Å². The zero-order chi connectivity index (χ0) is 5.28. The van der Waals surface area contributed by atoms with Crippen molar-refractivity contribution in [1.82, 2.24) is 10.9 Å². The fourth-order valence-corrected chi connectivity index (χ4v) is 0.933. The zero-order valence-corrected chi connectivity index (χ0v) is 4.86. The Morgan fingerprint density at radius 2 is 1.57 bits per heavy atom. The van der Waals surface area contributed by atoms with Gasteiger partial charge in [-0.1, -0.05) is 0 Å². The summed E-state index contributed by atoms with van der Waals surface area (Å²) in [7, 11) is 0. The van der Waals surface area contributed by atoms with Gasteiger partial charge in [0.1, 0.15) is 0 Å². The molecule has 0 aliphatic carbocycles. The quantitative estimate of drug-likeness (QED) is 0.456. The van der Waals surface area contributed by atoms with Crippen LogP contribution in [0.3, 0.4) is 0 Å². The van der Waals surface area contributed by atoms with Gasteiger partial charge in [0.15, 0.2) is 0 Å². The van der Waals surface area contributed by atoms with Crippen LogP contribution in [0.1, 0.15) is 20.3 Å². The Morgan fingerprint density at radius 3 is 1.71 bits per heavy atom. The van der Waals surface area contributed by atoms with Crippen molar-refractivity contribution in [2.24, 2.45) is 0 Å². The molecule has 2 atom stereocenters. The van der Waals surface area contributed by atoms with E-state index in [1.54, 1.807) is 0 Å². The molecule has 0 unspecified atom stereocenters. The van der Waals surface area contributed by atoms with E-state index in [1.165, 1.54) is 6.42 Å². The standard InChI is InChI=1S/C5H12N2/c1-4-3-5(2)7-6-4/h4-7H,3H2,1-2H3/t4-,5+. The highest BCUT2D eigenvalue weighted by Gasteiger charge is 2.13. The van der Waals surface area contributed by atoms with E-state index in [0.717, 1.165) is 0 Å². The van der Waals surface area contributed by atoms with Crippen molar-refractivity contribution < 1.29 is 0 Å². The van der Waals surface area contributed by atoms with E-state index >= 15 is 0 Å². The van der Waals surface area contributed by atoms with Gasteiger partial charge in [-0.3, -0.25) is 10.9 Å². The topological polar surface area (TPSA) is 24.1 Å². The third-order valence-electron chi connectivity index (χ3n) is 1.28. The fourth-order valence-electron chi connectivity index (χ4n) is 0.933. The highest BCUT2D eigenvalue weighted by molar-refractivity contribution is 4.73. The molecule has 2 nitrogen and oxygen atoms in total. The summed E-state index contributed by atoms with van der Waals surface area (Å²) in [6.07, 6.45) is 1.25. The Morgan fingerprint density at radius 1 is 1.14 bits per heavy atom. The number of nitrogens with one attached hydrogen (secondary N) is 2. The molecule has 2 N–H and O–H groups in total. The second kappa shape index (κ2) is 1.80. The van der Waals surface area contributed by atoms with Crippen LogP contribution in [-0.4, -0.2) is 12.1 Å². The summed E-state index contributed by atoms with van der Waals surface area (Å²) >= 11 is 0. The minimum absolute atomic E-state index is 0.662. The molecular weight excluding hydrogens is 88.1 g/mol. The number of hydrogen-bond donors (Lipinski definition) is 2. The Balaban J connectivity index is 2.26. The molecule has 1 heterocycles. The molecule has 1 fully saturated rings. The summed E-state index contributed by atoms with van der Waals surface area (Å²) in [5.74, 6) is 0. The molecule has 2 heteroatoms. The van der Waals surface area contributed by atoms with E-state index in [-0.39, 0.29) is 0 Å². The Bertz CT molecular complexity index is 55.1. The van der Waals surface area contributed by atoms with Crippen LogP contribution < -0.4 is 10.9 Å². The van der Waals surface area contributed by atoms with Crippen molar-refractivity contribution in [3.05, 3.63) is 0 Å². The summed E-state index contributed by atoms with van der Waals surface area (Å²) in [5.41, 5.74) is 6.24. The maximum absolute atomic E-state index is 3.12. The lowest BCUT2D eigenvalue weighted by Crippen LogP contribution is -2.30. The maximum atomic E-state index is 3.12. The van der Waals surface area contributed by atoms with Crippen molar-refractivity contribution in [2.75, 3.05) is 0 Å². The highest BCUT2D eigenvalue weighted by atomic mass is 15.4. The van der Waals surface area contributed by atoms with E-state index in [4.69, 9.17) is 0 Å². The summed E-state index contributed by atoms with van der Waals surface area (Å²) < 4.78 is 0. The molecule has 0 amide bonds. The summed E-state index contributed by atoms with van der Waals surface area (Å²) in [6, 6.07) is 1.32. The minimum atomic E-state index is 0.662. The van der Waals surface area contributed by atoms with Crippen molar-refractivity contribution >= 4 is 0 Å². The van der Waals surface area contributed by atoms with Gasteiger partial charge in [0.25, 0.3) is 0 Å². The minimum Gasteiger partial charge on any atom is -0.255 e. The van der Waals surface area contributed by atoms with Crippen molar-refractivity contribution in [3.63, 3.8) is 0 Å². The van der Waals surface area contributed by atoms with Gasteiger partial charge in [-0.25, -0.2) is 0 Å². The van der Waals surface area contributed by atoms with Crippen LogP contribution in [0.2, 0.25) is 0 Å². The molecule has 0 spiro atoms. The van der Waals surface area contributed by atoms with Gasteiger partial charge < -0.3 is 0 Å². The molecule has 0 radical (unpaired) electrons. The normalized spacial score (nSPS) is 42.0. The van der Waals surface area contributed by atoms with Gasteiger partial charge in [0, 0.05) is 12.1 Å². The van der Waals surface area contributed by atoms with Crippen LogP contribution in [0.4, 0.5) is 0 Å². The predicted octanol–water partition coefficient (Wildman–Crippen LogP) is 0.261. The molecule has 42 valence electrons. The van der Waals surface area contributed by atoms with Crippen LogP contribution >= 0.6 is 0 Å². The number of hydrogen-bond acceptors (Lipinski definition) is 2. The Hall–Kier alpha value is -0.0800. The average Bonchev–Trinajstić information content (AvgIpc) is 1.87. The monoisotopic (exact) mass is 100 g/mol. The third-order valence-corrected chi connectivity index (χ3v) is 1.28. The summed E-state index contributed by atoms with van der Waals surface area (Å²) in [5, 5.41) is 0. The Labute approximate surface area is 44.3 Å². The van der Waals surface area contributed by atoms with Gasteiger partial charge in [0.2, 0.25) is 0 Å². The molecule has 1 rings (SSSR count). The molecule has 1 aliphatic heterocycles. The lowest BCUT2D eigenvalue weighted by Gasteiger charge is -1.95. The molecule has 7 heavy (non-hydrogen) atoms. The first kappa shape index (κ1) is 5.06. The van der Waals surface area contributed by atoms with Gasteiger partial charge in [-0.05, 0) is 20.3 Å². The van der Waals surface area contributed by atoms with Crippen LogP contribution in [0.15, 0.2) is 0 Å². The van der Waals surface area contributed by atoms with Gasteiger partial charge in [0.05, 0.1) is 0 Å². The fraction of sp³-hybridized carbons (Fsp3) is 1.00. The van der Waals surface area contributed by atoms with E-state index in [2.05, 4.69) is 24.7 Å². The first-order valence-corrected chi connectivity index (χ1v) is 2.80. The molecular formula is C5H12N2. The maximum Gasteiger partial charge on any atom is 0.0199 e. The third kappa shape index (κ3) is 1.14. The number of rotatable bonds is 0. The molecule has 1 saturated heterocycles. The van der Waals surface area contributed by atoms with Gasteiger partial charge >= 0.3 is 0 Å². The van der Waals surface area contributed by atoms with Crippen LogP contribution in [0.5, 0.6) is 0 Å². The second-order valence-corrected chi connectivity index (χ2v) is 2.33. The van der Waals surface area contributed by atoms with Gasteiger partial charge in [-0.2, -0.15) is 0 Å². The first-order valence-electron chi connectivity index (χ1n) is 2.80. The smallest absolute Gasteiger partial charge is 0.0199 e. The Kier molecular flexibility index (Phi) is 1.30. The SMILES string of the molecule is C[C@@H]1C[C@H](C)NN1. The molecule has 0 aromatic carbocycles. The van der Waals surface area contributed by atoms with Crippen molar-refractivity contribution in [1.29, 1.82) is 0 Å². The van der Waals surface area contributed by atoms with E-state index < -0.39 is 0 Å². The van der Waals surface area contributed by atoms with Crippen molar-refractivity contribution in [3.8, 4) is 0 Å². The first-order chi connectivity index (χ1) is 3.29. The van der Waals surface area contributed by atoms with Crippen molar-refractivity contribution in [2.45, 2.75) is 32.4 Å². The number of hydrazine groups is 1. The average molecular weight is 100 g/mol. The molecule has 0 aromatic rings. The lowest BCUT2D eigenvalue weighted by molar-refractivity contribution is 0.567. The lowest BCUT2D eigenvalue weighted by atomic mass is 10.2. The molecule has 0 bridgehead atoms. The van der Waals surface area contributed by atoms with E-state index in [0.29, 0.717) is 12.1 Å². The van der Waals surface area contributed by atoms with E-state index in [9.17, 15) is 0 Å². The second-order valence-electron chi connectivity index (χ2n) is 2.33.